The second-order valence-electron chi connectivity index (χ2n) is 8.96. The highest BCUT2D eigenvalue weighted by Gasteiger charge is 2.20. The summed E-state index contributed by atoms with van der Waals surface area (Å²) in [4.78, 5) is 0. The topological polar surface area (TPSA) is 0 Å². The molecule has 3 aromatic rings. The molecule has 1 fully saturated rings. The zero-order chi connectivity index (χ0) is 23.4. The van der Waals surface area contributed by atoms with E-state index >= 15 is 0 Å². The molecular formula is C29H26F4. The smallest absolute Gasteiger partial charge is 0.159 e. The maximum absolute atomic E-state index is 14.6. The SMILES string of the molecule is C=CCC1CCC(CCc2cc(F)c(C#Cc3ccc4cc(F)c(F)cc4c3)c(F)c2)CC1. The third-order valence-corrected chi connectivity index (χ3v) is 6.62. The molecule has 1 aliphatic rings. The van der Waals surface area contributed by atoms with Crippen LogP contribution in [-0.4, -0.2) is 0 Å². The molecule has 0 unspecified atom stereocenters. The van der Waals surface area contributed by atoms with Gasteiger partial charge < -0.3 is 0 Å². The fourth-order valence-corrected chi connectivity index (χ4v) is 4.71. The Morgan fingerprint density at radius 1 is 0.758 bits per heavy atom. The number of allylic oxidation sites excluding steroid dienone is 1. The van der Waals surface area contributed by atoms with E-state index in [0.29, 0.717) is 34.2 Å². The van der Waals surface area contributed by atoms with Crippen molar-refractivity contribution >= 4 is 10.8 Å². The second kappa shape index (κ2) is 10.3. The second-order valence-corrected chi connectivity index (χ2v) is 8.96. The van der Waals surface area contributed by atoms with Crippen molar-refractivity contribution in [2.45, 2.75) is 44.9 Å². The summed E-state index contributed by atoms with van der Waals surface area (Å²) in [6, 6.07) is 9.70. The van der Waals surface area contributed by atoms with Crippen LogP contribution in [0.25, 0.3) is 10.8 Å². The van der Waals surface area contributed by atoms with E-state index in [1.807, 2.05) is 6.08 Å². The number of fused-ring (bicyclic) bond motifs is 1. The Hall–Kier alpha value is -3.06. The Morgan fingerprint density at radius 2 is 1.39 bits per heavy atom. The van der Waals surface area contributed by atoms with Crippen molar-refractivity contribution in [2.24, 2.45) is 11.8 Å². The largest absolute Gasteiger partial charge is 0.206 e. The predicted molar refractivity (Wildman–Crippen MR) is 125 cm³/mol. The van der Waals surface area contributed by atoms with Gasteiger partial charge in [0.05, 0.1) is 5.56 Å². The number of aryl methyl sites for hydroxylation is 1. The first-order chi connectivity index (χ1) is 15.9. The molecule has 1 saturated carbocycles. The fraction of sp³-hybridized carbons (Fsp3) is 0.310. The summed E-state index contributed by atoms with van der Waals surface area (Å²) in [5, 5.41) is 0.992. The van der Waals surface area contributed by atoms with Crippen LogP contribution in [0.2, 0.25) is 0 Å². The maximum Gasteiger partial charge on any atom is 0.159 e. The van der Waals surface area contributed by atoms with Crippen LogP contribution in [0.4, 0.5) is 17.6 Å². The Bertz CT molecular complexity index is 1200. The van der Waals surface area contributed by atoms with Gasteiger partial charge in [-0.3, -0.25) is 0 Å². The molecule has 0 atom stereocenters. The van der Waals surface area contributed by atoms with Gasteiger partial charge in [0.1, 0.15) is 11.6 Å². The number of benzene rings is 3. The molecule has 0 radical (unpaired) electrons. The summed E-state index contributed by atoms with van der Waals surface area (Å²) < 4.78 is 56.1. The molecule has 1 aliphatic carbocycles. The lowest BCUT2D eigenvalue weighted by Gasteiger charge is -2.27. The monoisotopic (exact) mass is 450 g/mol. The lowest BCUT2D eigenvalue weighted by atomic mass is 9.78. The van der Waals surface area contributed by atoms with Crippen molar-refractivity contribution in [3.8, 4) is 11.8 Å². The summed E-state index contributed by atoms with van der Waals surface area (Å²) >= 11 is 0. The molecule has 0 saturated heterocycles. The Labute approximate surface area is 192 Å². The molecule has 4 heteroatoms. The van der Waals surface area contributed by atoms with E-state index < -0.39 is 23.3 Å². The van der Waals surface area contributed by atoms with Crippen molar-refractivity contribution in [2.75, 3.05) is 0 Å². The average Bonchev–Trinajstić information content (AvgIpc) is 2.79. The van der Waals surface area contributed by atoms with Crippen molar-refractivity contribution in [1.29, 1.82) is 0 Å². The maximum atomic E-state index is 14.6. The minimum Gasteiger partial charge on any atom is -0.206 e. The Balaban J connectivity index is 1.44. The molecule has 0 heterocycles. The molecule has 0 aromatic heterocycles. The first-order valence-corrected chi connectivity index (χ1v) is 11.4. The van der Waals surface area contributed by atoms with Crippen molar-refractivity contribution in [1.82, 2.24) is 0 Å². The molecule has 170 valence electrons. The molecular weight excluding hydrogens is 424 g/mol. The minimum atomic E-state index is -0.954. The molecule has 4 rings (SSSR count). The van der Waals surface area contributed by atoms with Crippen LogP contribution in [0.1, 0.15) is 55.2 Å². The normalized spacial score (nSPS) is 18.1. The van der Waals surface area contributed by atoms with Gasteiger partial charge in [-0.15, -0.1) is 6.58 Å². The van der Waals surface area contributed by atoms with Gasteiger partial charge in [0, 0.05) is 5.56 Å². The lowest BCUT2D eigenvalue weighted by Crippen LogP contribution is -2.14. The molecule has 0 amide bonds. The number of hydrogen-bond acceptors (Lipinski definition) is 0. The molecule has 3 aromatic carbocycles. The van der Waals surface area contributed by atoms with Crippen LogP contribution >= 0.6 is 0 Å². The van der Waals surface area contributed by atoms with Crippen LogP contribution in [0, 0.1) is 46.9 Å². The Morgan fingerprint density at radius 3 is 2.06 bits per heavy atom. The standard InChI is InChI=1S/C29H26F4/c1-2-3-19-4-6-20(7-5-19)8-9-22-15-26(30)25(27(31)16-22)13-11-21-10-12-23-17-28(32)29(33)18-24(23)14-21/h2,10,12,14-20H,1,3-9H2. The van der Waals surface area contributed by atoms with E-state index in [4.69, 9.17) is 0 Å². The lowest BCUT2D eigenvalue weighted by molar-refractivity contribution is 0.265. The molecule has 0 nitrogen and oxygen atoms in total. The van der Waals surface area contributed by atoms with Gasteiger partial charge in [-0.2, -0.15) is 0 Å². The van der Waals surface area contributed by atoms with E-state index in [1.54, 1.807) is 18.2 Å². The van der Waals surface area contributed by atoms with E-state index in [2.05, 4.69) is 18.4 Å². The number of hydrogen-bond donors (Lipinski definition) is 0. The van der Waals surface area contributed by atoms with Crippen LogP contribution in [0.5, 0.6) is 0 Å². The van der Waals surface area contributed by atoms with Crippen molar-refractivity contribution in [3.05, 3.63) is 95.1 Å². The van der Waals surface area contributed by atoms with E-state index in [1.165, 1.54) is 25.0 Å². The summed E-state index contributed by atoms with van der Waals surface area (Å²) in [5.74, 6) is 3.39. The van der Waals surface area contributed by atoms with Crippen LogP contribution in [0.3, 0.4) is 0 Å². The van der Waals surface area contributed by atoms with E-state index in [0.717, 1.165) is 43.7 Å². The molecule has 0 aliphatic heterocycles. The zero-order valence-corrected chi connectivity index (χ0v) is 18.4. The van der Waals surface area contributed by atoms with Crippen LogP contribution in [0.15, 0.2) is 55.1 Å². The number of halogens is 4. The van der Waals surface area contributed by atoms with E-state index in [-0.39, 0.29) is 5.56 Å². The van der Waals surface area contributed by atoms with Gasteiger partial charge in [0.25, 0.3) is 0 Å². The average molecular weight is 451 g/mol. The van der Waals surface area contributed by atoms with Gasteiger partial charge in [-0.25, -0.2) is 17.6 Å². The van der Waals surface area contributed by atoms with Crippen molar-refractivity contribution < 1.29 is 17.6 Å². The first-order valence-electron chi connectivity index (χ1n) is 11.4. The van der Waals surface area contributed by atoms with Crippen molar-refractivity contribution in [3.63, 3.8) is 0 Å². The zero-order valence-electron chi connectivity index (χ0n) is 18.4. The first kappa shape index (κ1) is 23.1. The highest BCUT2D eigenvalue weighted by atomic mass is 19.2. The highest BCUT2D eigenvalue weighted by Crippen LogP contribution is 2.33. The summed E-state index contributed by atoms with van der Waals surface area (Å²) in [7, 11) is 0. The van der Waals surface area contributed by atoms with Crippen LogP contribution < -0.4 is 0 Å². The molecule has 0 bridgehead atoms. The Kier molecular flexibility index (Phi) is 7.18. The molecule has 0 N–H and O–H groups in total. The third kappa shape index (κ3) is 5.66. The third-order valence-electron chi connectivity index (χ3n) is 6.62. The van der Waals surface area contributed by atoms with Crippen LogP contribution in [-0.2, 0) is 6.42 Å². The quantitative estimate of drug-likeness (QED) is 0.209. The summed E-state index contributed by atoms with van der Waals surface area (Å²) in [6.45, 7) is 3.81. The van der Waals surface area contributed by atoms with E-state index in [9.17, 15) is 17.6 Å². The molecule has 33 heavy (non-hydrogen) atoms. The minimum absolute atomic E-state index is 0.283. The summed E-state index contributed by atoms with van der Waals surface area (Å²) in [5.41, 5.74) is 0.824. The summed E-state index contributed by atoms with van der Waals surface area (Å²) in [6.07, 6.45) is 9.35. The van der Waals surface area contributed by atoms with Gasteiger partial charge >= 0.3 is 0 Å². The predicted octanol–water partition coefficient (Wildman–Crippen LogP) is 8.11. The van der Waals surface area contributed by atoms with Gasteiger partial charge in [-0.1, -0.05) is 36.8 Å². The highest BCUT2D eigenvalue weighted by molar-refractivity contribution is 5.84. The van der Waals surface area contributed by atoms with Gasteiger partial charge in [0.15, 0.2) is 11.6 Å². The number of rotatable bonds is 5. The van der Waals surface area contributed by atoms with Gasteiger partial charge in [-0.05, 0) is 96.7 Å². The van der Waals surface area contributed by atoms with Gasteiger partial charge in [0.2, 0.25) is 0 Å². The molecule has 0 spiro atoms. The fourth-order valence-electron chi connectivity index (χ4n) is 4.71.